The number of terminal acetylenes is 1. The molecule has 0 saturated heterocycles. The van der Waals surface area contributed by atoms with Crippen LogP contribution in [0, 0.1) is 35.0 Å². The molecule has 2 fully saturated rings. The highest BCUT2D eigenvalue weighted by Crippen LogP contribution is 2.63. The molecule has 2 aliphatic rings. The topological polar surface area (TPSA) is 18.5 Å². The molecule has 0 aromatic rings. The maximum Gasteiger partial charge on any atom is 0.192 e. The average molecular weight is 507 g/mol. The van der Waals surface area contributed by atoms with Crippen molar-refractivity contribution in [1.29, 1.82) is 0 Å². The van der Waals surface area contributed by atoms with Crippen LogP contribution in [0.4, 0.5) is 0 Å². The van der Waals surface area contributed by atoms with Crippen molar-refractivity contribution in [3.05, 3.63) is 0 Å². The van der Waals surface area contributed by atoms with Gasteiger partial charge < -0.3 is 8.85 Å². The maximum absolute atomic E-state index is 7.10. The van der Waals surface area contributed by atoms with Gasteiger partial charge in [-0.25, -0.2) is 0 Å². The lowest BCUT2D eigenvalue weighted by Gasteiger charge is -2.52. The molecule has 0 aliphatic heterocycles. The Morgan fingerprint density at radius 1 is 0.941 bits per heavy atom. The lowest BCUT2D eigenvalue weighted by molar-refractivity contribution is -0.0441. The van der Waals surface area contributed by atoms with Gasteiger partial charge in [-0.15, -0.1) is 12.3 Å². The Balaban J connectivity index is 2.18. The molecule has 2 nitrogen and oxygen atoms in total. The van der Waals surface area contributed by atoms with Crippen molar-refractivity contribution < 1.29 is 8.85 Å². The third-order valence-corrected chi connectivity index (χ3v) is 15.4. The minimum Gasteiger partial charge on any atom is -0.414 e. The van der Waals surface area contributed by atoms with E-state index >= 15 is 0 Å². The second-order valence-corrected chi connectivity index (χ2v) is 24.6. The molecular weight excluding hydrogens is 449 g/mol. The van der Waals surface area contributed by atoms with Gasteiger partial charge in [-0.1, -0.05) is 47.5 Å². The zero-order valence-corrected chi connectivity index (χ0v) is 27.0. The first kappa shape index (κ1) is 30.1. The summed E-state index contributed by atoms with van der Waals surface area (Å²) in [6, 6.07) is 0. The van der Waals surface area contributed by atoms with Crippen LogP contribution in [0.1, 0.15) is 106 Å². The van der Waals surface area contributed by atoms with Gasteiger partial charge in [0.2, 0.25) is 0 Å². The number of hydrogen-bond donors (Lipinski definition) is 0. The Kier molecular flexibility index (Phi) is 9.17. The molecule has 5 atom stereocenters. The quantitative estimate of drug-likeness (QED) is 0.217. The van der Waals surface area contributed by atoms with Gasteiger partial charge in [0.15, 0.2) is 16.6 Å². The van der Waals surface area contributed by atoms with E-state index in [-0.39, 0.29) is 16.1 Å². The molecule has 0 aromatic carbocycles. The fourth-order valence-electron chi connectivity index (χ4n) is 7.38. The van der Waals surface area contributed by atoms with E-state index in [1.807, 2.05) is 0 Å². The highest BCUT2D eigenvalue weighted by molar-refractivity contribution is 6.74. The van der Waals surface area contributed by atoms with Crippen LogP contribution >= 0.6 is 0 Å². The minimum atomic E-state index is -1.77. The molecule has 0 bridgehead atoms. The molecule has 4 heteroatoms. The first-order valence-corrected chi connectivity index (χ1v) is 20.4. The van der Waals surface area contributed by atoms with Crippen molar-refractivity contribution in [2.24, 2.45) is 22.7 Å². The molecule has 198 valence electrons. The second kappa shape index (κ2) is 10.3. The molecule has 0 N–H and O–H groups in total. The first-order chi connectivity index (χ1) is 15.3. The van der Waals surface area contributed by atoms with Crippen molar-refractivity contribution in [1.82, 2.24) is 0 Å². The Morgan fingerprint density at radius 3 is 2.09 bits per heavy atom. The summed E-state index contributed by atoms with van der Waals surface area (Å²) < 4.78 is 13.6. The van der Waals surface area contributed by atoms with Gasteiger partial charge >= 0.3 is 0 Å². The molecule has 2 rings (SSSR count). The summed E-state index contributed by atoms with van der Waals surface area (Å²) in [7, 11) is -3.32. The second-order valence-electron chi connectivity index (χ2n) is 15.4. The highest BCUT2D eigenvalue weighted by atomic mass is 28.4. The van der Waals surface area contributed by atoms with Crippen molar-refractivity contribution in [3.8, 4) is 12.3 Å². The molecule has 34 heavy (non-hydrogen) atoms. The summed E-state index contributed by atoms with van der Waals surface area (Å²) in [5.41, 5.74) is 0.504. The molecule has 0 radical (unpaired) electrons. The monoisotopic (exact) mass is 506 g/mol. The van der Waals surface area contributed by atoms with Gasteiger partial charge in [-0.2, -0.15) is 0 Å². The molecule has 3 unspecified atom stereocenters. The van der Waals surface area contributed by atoms with Gasteiger partial charge in [-0.3, -0.25) is 0 Å². The standard InChI is InChI=1S/C30H58O2Si2/c1-14-20-29(7,22-16-21-28(5,6)32-33(9,10)11)26-19-18-24-25(17-15-23-30(24,26)8)31-34(12,13)27(2,3)4/h1,24-26H,15-23H2,2-13H3/t24?,25?,26?,29-,30+/m1/s1. The van der Waals surface area contributed by atoms with Crippen LogP contribution < -0.4 is 0 Å². The van der Waals surface area contributed by atoms with E-state index in [2.05, 4.69) is 87.1 Å². The Labute approximate surface area is 216 Å². The third kappa shape index (κ3) is 7.02. The van der Waals surface area contributed by atoms with Gasteiger partial charge in [0.05, 0.1) is 5.60 Å². The Bertz CT molecular complexity index is 724. The van der Waals surface area contributed by atoms with E-state index in [9.17, 15) is 0 Å². The van der Waals surface area contributed by atoms with Crippen LogP contribution in [0.25, 0.3) is 0 Å². The molecule has 0 heterocycles. The van der Waals surface area contributed by atoms with Crippen LogP contribution in [0.2, 0.25) is 37.8 Å². The minimum absolute atomic E-state index is 0.0451. The lowest BCUT2D eigenvalue weighted by atomic mass is 9.56. The van der Waals surface area contributed by atoms with Crippen LogP contribution in [-0.2, 0) is 8.85 Å². The predicted molar refractivity (Wildman–Crippen MR) is 154 cm³/mol. The summed E-state index contributed by atoms with van der Waals surface area (Å²) >= 11 is 0. The zero-order chi connectivity index (χ0) is 26.2. The van der Waals surface area contributed by atoms with E-state index in [1.54, 1.807) is 0 Å². The van der Waals surface area contributed by atoms with E-state index in [0.29, 0.717) is 23.4 Å². The summed E-state index contributed by atoms with van der Waals surface area (Å²) in [4.78, 5) is 0. The third-order valence-electron chi connectivity index (χ3n) is 9.77. The number of rotatable bonds is 10. The Hall–Kier alpha value is -0.0862. The summed E-state index contributed by atoms with van der Waals surface area (Å²) in [5.74, 6) is 4.48. The van der Waals surface area contributed by atoms with Gasteiger partial charge in [0.25, 0.3) is 0 Å². The number of hydrogen-bond acceptors (Lipinski definition) is 2. The van der Waals surface area contributed by atoms with Gasteiger partial charge in [0.1, 0.15) is 0 Å². The van der Waals surface area contributed by atoms with Gasteiger partial charge in [-0.05, 0) is 113 Å². The maximum atomic E-state index is 7.10. The van der Waals surface area contributed by atoms with Crippen molar-refractivity contribution in [2.75, 3.05) is 0 Å². The summed E-state index contributed by atoms with van der Waals surface area (Å²) in [6.45, 7) is 28.5. The highest BCUT2D eigenvalue weighted by Gasteiger charge is 2.57. The smallest absolute Gasteiger partial charge is 0.192 e. The molecular formula is C30H58O2Si2. The molecule has 2 saturated carbocycles. The SMILES string of the molecule is C#CC[C@](C)(CCCC(C)(C)O[Si](C)(C)C)C1CCC2C(O[Si](C)(C)C(C)(C)C)CCC[C@@]21C. The van der Waals surface area contributed by atoms with Crippen LogP contribution in [-0.4, -0.2) is 28.3 Å². The summed E-state index contributed by atoms with van der Waals surface area (Å²) in [5, 5.41) is 0.266. The Morgan fingerprint density at radius 2 is 1.56 bits per heavy atom. The summed E-state index contributed by atoms with van der Waals surface area (Å²) in [6.07, 6.45) is 17.3. The van der Waals surface area contributed by atoms with Crippen molar-refractivity contribution >= 4 is 16.6 Å². The van der Waals surface area contributed by atoms with E-state index in [0.717, 1.165) is 12.8 Å². The van der Waals surface area contributed by atoms with Crippen LogP contribution in [0.3, 0.4) is 0 Å². The fourth-order valence-corrected chi connectivity index (χ4v) is 10.5. The van der Waals surface area contributed by atoms with Crippen LogP contribution in [0.5, 0.6) is 0 Å². The average Bonchev–Trinajstić information content (AvgIpc) is 2.97. The lowest BCUT2D eigenvalue weighted by Crippen LogP contribution is -2.51. The first-order valence-electron chi connectivity index (χ1n) is 14.1. The van der Waals surface area contributed by atoms with Crippen molar-refractivity contribution in [3.63, 3.8) is 0 Å². The zero-order valence-electron chi connectivity index (χ0n) is 25.0. The predicted octanol–water partition coefficient (Wildman–Crippen LogP) is 9.42. The van der Waals surface area contributed by atoms with E-state index in [1.165, 1.54) is 44.9 Å². The normalized spacial score (nSPS) is 30.5. The van der Waals surface area contributed by atoms with E-state index in [4.69, 9.17) is 15.3 Å². The largest absolute Gasteiger partial charge is 0.414 e. The van der Waals surface area contributed by atoms with E-state index < -0.39 is 16.6 Å². The van der Waals surface area contributed by atoms with Crippen molar-refractivity contribution in [2.45, 2.75) is 156 Å². The number of fused-ring (bicyclic) bond motifs is 1. The molecule has 0 amide bonds. The molecule has 0 aromatic heterocycles. The van der Waals surface area contributed by atoms with Gasteiger partial charge in [0, 0.05) is 12.5 Å². The fraction of sp³-hybridized carbons (Fsp3) is 0.933. The van der Waals surface area contributed by atoms with Crippen LogP contribution in [0.15, 0.2) is 0 Å². The molecule has 0 spiro atoms. The molecule has 2 aliphatic carbocycles.